The molecule has 26 heavy (non-hydrogen) atoms. The highest BCUT2D eigenvalue weighted by molar-refractivity contribution is 7.89. The van der Waals surface area contributed by atoms with Crippen LogP contribution in [0.15, 0.2) is 59.5 Å². The maximum absolute atomic E-state index is 12.3. The topological polar surface area (TPSA) is 75.3 Å². The maximum atomic E-state index is 12.3. The Labute approximate surface area is 155 Å². The number of hydrogen-bond acceptors (Lipinski definition) is 3. The van der Waals surface area contributed by atoms with Crippen molar-refractivity contribution in [1.29, 1.82) is 0 Å². The molecule has 140 valence electrons. The number of rotatable bonds is 7. The van der Waals surface area contributed by atoms with Crippen LogP contribution in [0.1, 0.15) is 43.1 Å². The van der Waals surface area contributed by atoms with E-state index in [-0.39, 0.29) is 10.8 Å². The molecule has 0 radical (unpaired) electrons. The molecule has 0 aliphatic rings. The van der Waals surface area contributed by atoms with Gasteiger partial charge in [-0.05, 0) is 63.4 Å². The molecule has 0 spiro atoms. The van der Waals surface area contributed by atoms with Gasteiger partial charge in [-0.3, -0.25) is 4.79 Å². The van der Waals surface area contributed by atoms with Gasteiger partial charge in [0.15, 0.2) is 0 Å². The van der Waals surface area contributed by atoms with Crippen LogP contribution in [0.5, 0.6) is 0 Å². The lowest BCUT2D eigenvalue weighted by molar-refractivity contribution is 0.0953. The molecule has 2 rings (SSSR count). The van der Waals surface area contributed by atoms with Crippen LogP contribution in [0.4, 0.5) is 0 Å². The van der Waals surface area contributed by atoms with Crippen LogP contribution in [-0.4, -0.2) is 26.4 Å². The first-order valence-corrected chi connectivity index (χ1v) is 10.1. The average molecular weight is 375 g/mol. The minimum Gasteiger partial charge on any atom is -0.352 e. The number of amides is 1. The smallest absolute Gasteiger partial charge is 0.251 e. The zero-order chi connectivity index (χ0) is 19.2. The Morgan fingerprint density at radius 2 is 1.58 bits per heavy atom. The van der Waals surface area contributed by atoms with Gasteiger partial charge in [0.05, 0.1) is 4.90 Å². The molecule has 0 fully saturated rings. The summed E-state index contributed by atoms with van der Waals surface area (Å²) in [6.07, 6.45) is 1.74. The largest absolute Gasteiger partial charge is 0.352 e. The van der Waals surface area contributed by atoms with Crippen molar-refractivity contribution in [2.45, 2.75) is 44.0 Å². The van der Waals surface area contributed by atoms with Crippen molar-refractivity contribution in [3.05, 3.63) is 65.7 Å². The van der Waals surface area contributed by atoms with Gasteiger partial charge in [-0.2, -0.15) is 0 Å². The van der Waals surface area contributed by atoms with E-state index in [9.17, 15) is 13.2 Å². The van der Waals surface area contributed by atoms with Crippen LogP contribution in [0.25, 0.3) is 0 Å². The van der Waals surface area contributed by atoms with Gasteiger partial charge in [0.1, 0.15) is 0 Å². The molecule has 2 aromatic carbocycles. The van der Waals surface area contributed by atoms with Crippen molar-refractivity contribution >= 4 is 15.9 Å². The highest BCUT2D eigenvalue weighted by Gasteiger charge is 2.22. The molecule has 0 heterocycles. The van der Waals surface area contributed by atoms with Crippen molar-refractivity contribution in [2.75, 3.05) is 6.54 Å². The van der Waals surface area contributed by atoms with Gasteiger partial charge in [-0.1, -0.05) is 30.3 Å². The van der Waals surface area contributed by atoms with Crippen molar-refractivity contribution in [2.24, 2.45) is 0 Å². The van der Waals surface area contributed by atoms with Gasteiger partial charge in [0.2, 0.25) is 10.0 Å². The summed E-state index contributed by atoms with van der Waals surface area (Å²) in [6, 6.07) is 16.1. The standard InChI is InChI=1S/C20H26N2O3S/c1-20(2,3)22-26(24,25)18-13-11-17(12-14-18)19(23)21-15-7-10-16-8-5-4-6-9-16/h4-6,8-9,11-14,22H,7,10,15H2,1-3H3,(H,21,23). The second-order valence-electron chi connectivity index (χ2n) is 7.22. The SMILES string of the molecule is CC(C)(C)NS(=O)(=O)c1ccc(C(=O)NCCCc2ccccc2)cc1. The van der Waals surface area contributed by atoms with E-state index >= 15 is 0 Å². The number of carbonyl (C=O) groups is 1. The van der Waals surface area contributed by atoms with E-state index in [0.29, 0.717) is 12.1 Å². The molecule has 0 bridgehead atoms. The van der Waals surface area contributed by atoms with Crippen LogP contribution >= 0.6 is 0 Å². The number of aryl methyl sites for hydroxylation is 1. The third kappa shape index (κ3) is 6.28. The fourth-order valence-corrected chi connectivity index (χ4v) is 3.91. The molecule has 2 aromatic rings. The second-order valence-corrected chi connectivity index (χ2v) is 8.91. The first-order chi connectivity index (χ1) is 12.2. The summed E-state index contributed by atoms with van der Waals surface area (Å²) in [7, 11) is -3.59. The number of hydrogen-bond donors (Lipinski definition) is 2. The Morgan fingerprint density at radius 1 is 0.962 bits per heavy atom. The summed E-state index contributed by atoms with van der Waals surface area (Å²) >= 11 is 0. The summed E-state index contributed by atoms with van der Waals surface area (Å²) < 4.78 is 27.1. The van der Waals surface area contributed by atoms with Crippen LogP contribution in [0.2, 0.25) is 0 Å². The van der Waals surface area contributed by atoms with Crippen molar-refractivity contribution in [3.8, 4) is 0 Å². The van der Waals surface area contributed by atoms with E-state index in [2.05, 4.69) is 22.2 Å². The zero-order valence-corrected chi connectivity index (χ0v) is 16.3. The van der Waals surface area contributed by atoms with Crippen LogP contribution < -0.4 is 10.0 Å². The predicted octanol–water partition coefficient (Wildman–Crippen LogP) is 3.13. The number of carbonyl (C=O) groups excluding carboxylic acids is 1. The summed E-state index contributed by atoms with van der Waals surface area (Å²) in [5.41, 5.74) is 1.12. The van der Waals surface area contributed by atoms with E-state index in [0.717, 1.165) is 12.8 Å². The van der Waals surface area contributed by atoms with E-state index < -0.39 is 15.6 Å². The first-order valence-electron chi connectivity index (χ1n) is 8.63. The lowest BCUT2D eigenvalue weighted by Gasteiger charge is -2.20. The lowest BCUT2D eigenvalue weighted by Crippen LogP contribution is -2.40. The fraction of sp³-hybridized carbons (Fsp3) is 0.350. The fourth-order valence-electron chi connectivity index (χ4n) is 2.49. The molecule has 0 aromatic heterocycles. The normalized spacial score (nSPS) is 12.0. The number of benzene rings is 2. The maximum Gasteiger partial charge on any atom is 0.251 e. The molecule has 2 N–H and O–H groups in total. The highest BCUT2D eigenvalue weighted by Crippen LogP contribution is 2.14. The quantitative estimate of drug-likeness (QED) is 0.731. The van der Waals surface area contributed by atoms with Gasteiger partial charge >= 0.3 is 0 Å². The van der Waals surface area contributed by atoms with Crippen LogP contribution in [0, 0.1) is 0 Å². The van der Waals surface area contributed by atoms with E-state index in [1.54, 1.807) is 20.8 Å². The summed E-state index contributed by atoms with van der Waals surface area (Å²) in [5.74, 6) is -0.203. The Balaban J connectivity index is 1.88. The molecule has 1 amide bonds. The molecule has 0 saturated carbocycles. The monoisotopic (exact) mass is 374 g/mol. The Hall–Kier alpha value is -2.18. The molecule has 0 unspecified atom stereocenters. The molecular weight excluding hydrogens is 348 g/mol. The van der Waals surface area contributed by atoms with Crippen molar-refractivity contribution < 1.29 is 13.2 Å². The molecular formula is C20H26N2O3S. The minimum absolute atomic E-state index is 0.146. The average Bonchev–Trinajstić information content (AvgIpc) is 2.57. The summed E-state index contributed by atoms with van der Waals surface area (Å²) in [5, 5.41) is 2.86. The van der Waals surface area contributed by atoms with Crippen LogP contribution in [-0.2, 0) is 16.4 Å². The third-order valence-electron chi connectivity index (χ3n) is 3.64. The van der Waals surface area contributed by atoms with Gasteiger partial charge in [-0.15, -0.1) is 0 Å². The molecule has 0 saturated heterocycles. The van der Waals surface area contributed by atoms with Gasteiger partial charge in [-0.25, -0.2) is 13.1 Å². The van der Waals surface area contributed by atoms with Gasteiger partial charge < -0.3 is 5.32 Å². The van der Waals surface area contributed by atoms with E-state index in [1.807, 2.05) is 18.2 Å². The second kappa shape index (κ2) is 8.47. The molecule has 0 aliphatic carbocycles. The Kier molecular flexibility index (Phi) is 6.56. The van der Waals surface area contributed by atoms with Crippen LogP contribution in [0.3, 0.4) is 0 Å². The number of sulfonamides is 1. The van der Waals surface area contributed by atoms with Gasteiger partial charge in [0.25, 0.3) is 5.91 Å². The molecule has 0 aliphatic heterocycles. The van der Waals surface area contributed by atoms with E-state index in [1.165, 1.54) is 29.8 Å². The lowest BCUT2D eigenvalue weighted by atomic mass is 10.1. The third-order valence-corrected chi connectivity index (χ3v) is 5.41. The van der Waals surface area contributed by atoms with E-state index in [4.69, 9.17) is 0 Å². The summed E-state index contributed by atoms with van der Waals surface area (Å²) in [6.45, 7) is 5.91. The zero-order valence-electron chi connectivity index (χ0n) is 15.5. The molecule has 0 atom stereocenters. The Bertz CT molecular complexity index is 824. The first kappa shape index (κ1) is 20.1. The minimum atomic E-state index is -3.59. The predicted molar refractivity (Wildman–Crippen MR) is 104 cm³/mol. The van der Waals surface area contributed by atoms with Crippen molar-refractivity contribution in [1.82, 2.24) is 10.0 Å². The highest BCUT2D eigenvalue weighted by atomic mass is 32.2. The molecule has 5 nitrogen and oxygen atoms in total. The van der Waals surface area contributed by atoms with Crippen molar-refractivity contribution in [3.63, 3.8) is 0 Å². The number of nitrogens with one attached hydrogen (secondary N) is 2. The van der Waals surface area contributed by atoms with Gasteiger partial charge in [0, 0.05) is 17.6 Å². The Morgan fingerprint density at radius 3 is 2.15 bits per heavy atom. The molecule has 6 heteroatoms. The summed E-state index contributed by atoms with van der Waals surface area (Å²) in [4.78, 5) is 12.3.